The first-order chi connectivity index (χ1) is 10.3. The number of anilines is 1. The van der Waals surface area contributed by atoms with Crippen LogP contribution in [0.15, 0.2) is 36.5 Å². The van der Waals surface area contributed by atoms with Crippen molar-refractivity contribution in [1.29, 1.82) is 0 Å². The van der Waals surface area contributed by atoms with Crippen molar-refractivity contribution in [2.45, 2.75) is 18.4 Å². The number of sulfonamides is 1. The van der Waals surface area contributed by atoms with Gasteiger partial charge in [-0.1, -0.05) is 17.7 Å². The average molecular weight is 374 g/mol. The third kappa shape index (κ3) is 4.57. The van der Waals surface area contributed by atoms with Gasteiger partial charge in [0.15, 0.2) is 0 Å². The molecular weight excluding hydrogens is 357 g/mol. The number of nitrogens with zero attached hydrogens (tertiary/aromatic N) is 1. The van der Waals surface area contributed by atoms with Crippen molar-refractivity contribution < 1.29 is 8.42 Å². The van der Waals surface area contributed by atoms with E-state index in [2.05, 4.69) is 9.71 Å². The Bertz CT molecular complexity index is 810. The van der Waals surface area contributed by atoms with E-state index < -0.39 is 10.0 Å². The summed E-state index contributed by atoms with van der Waals surface area (Å²) in [5, 5.41) is 0.443. The maximum atomic E-state index is 11.3. The van der Waals surface area contributed by atoms with Gasteiger partial charge in [-0.25, -0.2) is 8.42 Å². The minimum Gasteiger partial charge on any atom is -0.327 e. The van der Waals surface area contributed by atoms with Gasteiger partial charge in [0, 0.05) is 28.7 Å². The fraction of sp³-hybridized carbons (Fsp3) is 0.267. The molecule has 23 heavy (non-hydrogen) atoms. The van der Waals surface area contributed by atoms with Crippen LogP contribution in [0.1, 0.15) is 17.9 Å². The molecule has 1 saturated carbocycles. The molecule has 1 aromatic heterocycles. The first-order valence-electron chi connectivity index (χ1n) is 6.82. The summed E-state index contributed by atoms with van der Waals surface area (Å²) in [6, 6.07) is 9.16. The van der Waals surface area contributed by atoms with Gasteiger partial charge in [0.25, 0.3) is 0 Å². The maximum absolute atomic E-state index is 11.3. The monoisotopic (exact) mass is 373 g/mol. The molecule has 8 heteroatoms. The highest BCUT2D eigenvalue weighted by atomic mass is 35.5. The first kappa shape index (κ1) is 18.0. The van der Waals surface area contributed by atoms with E-state index in [0.29, 0.717) is 16.6 Å². The Hall–Kier alpha value is -1.34. The predicted molar refractivity (Wildman–Crippen MR) is 95.7 cm³/mol. The van der Waals surface area contributed by atoms with Crippen molar-refractivity contribution in [3.8, 4) is 11.3 Å². The molecule has 0 radical (unpaired) electrons. The molecule has 124 valence electrons. The molecule has 1 aliphatic carbocycles. The van der Waals surface area contributed by atoms with Crippen molar-refractivity contribution in [2.75, 3.05) is 11.0 Å². The van der Waals surface area contributed by atoms with Gasteiger partial charge in [0.05, 0.1) is 17.6 Å². The quantitative estimate of drug-likeness (QED) is 0.862. The van der Waals surface area contributed by atoms with Gasteiger partial charge >= 0.3 is 0 Å². The van der Waals surface area contributed by atoms with Gasteiger partial charge in [-0.05, 0) is 36.2 Å². The van der Waals surface area contributed by atoms with E-state index >= 15 is 0 Å². The Morgan fingerprint density at radius 2 is 2.00 bits per heavy atom. The molecule has 0 bridgehead atoms. The highest BCUT2D eigenvalue weighted by molar-refractivity contribution is 7.92. The number of nitrogens with two attached hydrogens (primary N) is 1. The Morgan fingerprint density at radius 3 is 2.52 bits per heavy atom. The fourth-order valence-electron chi connectivity index (χ4n) is 2.40. The minimum absolute atomic E-state index is 0. The molecule has 0 saturated heterocycles. The highest BCUT2D eigenvalue weighted by Crippen LogP contribution is 2.39. The molecule has 1 heterocycles. The molecule has 1 aromatic carbocycles. The molecule has 1 aliphatic rings. The predicted octanol–water partition coefficient (Wildman–Crippen LogP) is 3.01. The molecule has 2 atom stereocenters. The summed E-state index contributed by atoms with van der Waals surface area (Å²) < 4.78 is 25.1. The molecule has 0 spiro atoms. The van der Waals surface area contributed by atoms with Crippen molar-refractivity contribution >= 4 is 39.7 Å². The van der Waals surface area contributed by atoms with Crippen LogP contribution in [0.25, 0.3) is 11.3 Å². The van der Waals surface area contributed by atoms with Gasteiger partial charge in [-0.3, -0.25) is 9.71 Å². The zero-order valence-corrected chi connectivity index (χ0v) is 14.8. The van der Waals surface area contributed by atoms with Crippen LogP contribution < -0.4 is 10.5 Å². The third-order valence-electron chi connectivity index (χ3n) is 3.55. The molecule has 0 aliphatic heterocycles. The van der Waals surface area contributed by atoms with E-state index in [1.54, 1.807) is 18.2 Å². The summed E-state index contributed by atoms with van der Waals surface area (Å²) in [5.41, 5.74) is 8.87. The number of hydrogen-bond acceptors (Lipinski definition) is 4. The SMILES string of the molecule is CS(=O)(=O)Nc1cc(Cl)cc(-c2ccc([C@H]3C[C@@H]3N)cn2)c1.Cl. The minimum atomic E-state index is -3.35. The molecule has 2 aromatic rings. The van der Waals surface area contributed by atoms with Crippen LogP contribution in [-0.4, -0.2) is 25.7 Å². The van der Waals surface area contributed by atoms with E-state index in [1.165, 1.54) is 0 Å². The fourth-order valence-corrected chi connectivity index (χ4v) is 3.18. The Balaban J connectivity index is 0.00000192. The van der Waals surface area contributed by atoms with Crippen LogP contribution in [0.3, 0.4) is 0 Å². The van der Waals surface area contributed by atoms with E-state index in [1.807, 2.05) is 18.3 Å². The second-order valence-corrected chi connectivity index (χ2v) is 7.77. The molecule has 3 rings (SSSR count). The zero-order valence-electron chi connectivity index (χ0n) is 12.4. The van der Waals surface area contributed by atoms with E-state index in [4.69, 9.17) is 17.3 Å². The van der Waals surface area contributed by atoms with E-state index in [-0.39, 0.29) is 18.4 Å². The van der Waals surface area contributed by atoms with Crippen LogP contribution in [0, 0.1) is 0 Å². The van der Waals surface area contributed by atoms with Gasteiger partial charge in [0.2, 0.25) is 10.0 Å². The van der Waals surface area contributed by atoms with E-state index in [0.717, 1.165) is 29.5 Å². The second kappa shape index (κ2) is 6.65. The lowest BCUT2D eigenvalue weighted by atomic mass is 10.1. The number of aromatic nitrogens is 1. The number of nitrogens with one attached hydrogen (secondary N) is 1. The molecule has 3 N–H and O–H groups in total. The third-order valence-corrected chi connectivity index (χ3v) is 4.38. The Morgan fingerprint density at radius 1 is 1.30 bits per heavy atom. The standard InChI is InChI=1S/C15H16ClN3O2S.ClH/c1-22(20,21)19-12-5-10(4-11(16)6-12)15-3-2-9(8-18-15)13-7-14(13)17;/h2-6,8,13-14,19H,7,17H2,1H3;1H/t13-,14+;/m1./s1. The zero-order chi connectivity index (χ0) is 15.9. The summed E-state index contributed by atoms with van der Waals surface area (Å²) in [6.45, 7) is 0. The average Bonchev–Trinajstić information content (AvgIpc) is 3.13. The largest absolute Gasteiger partial charge is 0.327 e. The van der Waals surface area contributed by atoms with Crippen LogP contribution in [-0.2, 0) is 10.0 Å². The lowest BCUT2D eigenvalue weighted by molar-refractivity contribution is 0.607. The summed E-state index contributed by atoms with van der Waals surface area (Å²) in [7, 11) is -3.35. The van der Waals surface area contributed by atoms with Crippen LogP contribution in [0.2, 0.25) is 5.02 Å². The van der Waals surface area contributed by atoms with Gasteiger partial charge in [-0.15, -0.1) is 12.4 Å². The Kier molecular flexibility index (Phi) is 5.20. The van der Waals surface area contributed by atoms with Gasteiger partial charge < -0.3 is 5.73 Å². The number of halogens is 2. The summed E-state index contributed by atoms with van der Waals surface area (Å²) in [5.74, 6) is 0.406. The van der Waals surface area contributed by atoms with Crippen LogP contribution in [0.4, 0.5) is 5.69 Å². The lowest BCUT2D eigenvalue weighted by Gasteiger charge is -2.08. The molecule has 1 fully saturated rings. The Labute approximate surface area is 146 Å². The van der Waals surface area contributed by atoms with Gasteiger partial charge in [0.1, 0.15) is 0 Å². The molecule has 0 amide bonds. The normalized spacial score (nSPS) is 19.8. The van der Waals surface area contributed by atoms with Crippen LogP contribution in [0.5, 0.6) is 0 Å². The second-order valence-electron chi connectivity index (χ2n) is 5.59. The smallest absolute Gasteiger partial charge is 0.229 e. The number of pyridine rings is 1. The molecular formula is C15H17Cl2N3O2S. The number of hydrogen-bond donors (Lipinski definition) is 2. The number of benzene rings is 1. The number of rotatable bonds is 4. The van der Waals surface area contributed by atoms with Crippen molar-refractivity contribution in [3.63, 3.8) is 0 Å². The first-order valence-corrected chi connectivity index (χ1v) is 9.09. The maximum Gasteiger partial charge on any atom is 0.229 e. The highest BCUT2D eigenvalue weighted by Gasteiger charge is 2.34. The van der Waals surface area contributed by atoms with Crippen molar-refractivity contribution in [2.24, 2.45) is 5.73 Å². The van der Waals surface area contributed by atoms with Crippen LogP contribution >= 0.6 is 24.0 Å². The topological polar surface area (TPSA) is 85.1 Å². The van der Waals surface area contributed by atoms with Crippen molar-refractivity contribution in [3.05, 3.63) is 47.1 Å². The summed E-state index contributed by atoms with van der Waals surface area (Å²) >= 11 is 6.06. The van der Waals surface area contributed by atoms with Gasteiger partial charge in [-0.2, -0.15) is 0 Å². The van der Waals surface area contributed by atoms with Crippen molar-refractivity contribution in [1.82, 2.24) is 4.98 Å². The lowest BCUT2D eigenvalue weighted by Crippen LogP contribution is -2.09. The molecule has 0 unspecified atom stereocenters. The summed E-state index contributed by atoms with van der Waals surface area (Å²) in [4.78, 5) is 4.43. The summed E-state index contributed by atoms with van der Waals surface area (Å²) in [6.07, 6.45) is 3.91. The molecule has 5 nitrogen and oxygen atoms in total. The van der Waals surface area contributed by atoms with E-state index in [9.17, 15) is 8.42 Å².